The summed E-state index contributed by atoms with van der Waals surface area (Å²) in [5, 5.41) is 11.4. The molecule has 0 N–H and O–H groups in total. The number of benzene rings is 6. The summed E-state index contributed by atoms with van der Waals surface area (Å²) in [6.45, 7) is 8.81. The second-order valence-corrected chi connectivity index (χ2v) is 19.4. The third-order valence-electron chi connectivity index (χ3n) is 11.0. The molecule has 0 nitrogen and oxygen atoms in total. The molecule has 10 rings (SSSR count). The van der Waals surface area contributed by atoms with Crippen LogP contribution in [0.2, 0.25) is 13.1 Å². The van der Waals surface area contributed by atoms with Gasteiger partial charge in [-0.3, -0.25) is 0 Å². The molecule has 0 heterocycles. The van der Waals surface area contributed by atoms with Crippen LogP contribution in [-0.4, -0.2) is 9.52 Å². The molecular weight excluding hydrogens is 791 g/mol. The van der Waals surface area contributed by atoms with Crippen LogP contribution in [0.15, 0.2) is 121 Å². The molecule has 0 amide bonds. The molecule has 0 bridgehead atoms. The monoisotopic (exact) mass is 836 g/mol. The Balaban J connectivity index is 0.000000146. The van der Waals surface area contributed by atoms with Crippen LogP contribution < -0.4 is 0 Å². The third kappa shape index (κ3) is 7.88. The number of hydrogen-bond donors (Lipinski definition) is 0. The van der Waals surface area contributed by atoms with Gasteiger partial charge < -0.3 is 0 Å². The maximum absolute atomic E-state index is 4.93. The molecule has 2 radical (unpaired) electrons. The molecule has 4 heteroatoms. The Kier molecular flexibility index (Phi) is 13.1. The summed E-state index contributed by atoms with van der Waals surface area (Å²) in [6, 6.07) is 46.0. The minimum atomic E-state index is -0.826. The fourth-order valence-electron chi connectivity index (χ4n) is 8.89. The van der Waals surface area contributed by atoms with E-state index in [1.54, 1.807) is 0 Å². The first-order chi connectivity index (χ1) is 26.5. The van der Waals surface area contributed by atoms with E-state index < -0.39 is 20.8 Å². The predicted octanol–water partition coefficient (Wildman–Crippen LogP) is 15.0. The van der Waals surface area contributed by atoms with E-state index in [-0.39, 0.29) is 0 Å². The van der Waals surface area contributed by atoms with E-state index in [1.807, 2.05) is 0 Å². The van der Waals surface area contributed by atoms with Gasteiger partial charge in [0.25, 0.3) is 0 Å². The minimum absolute atomic E-state index is 0.826. The van der Waals surface area contributed by atoms with Gasteiger partial charge in [0.1, 0.15) is 0 Å². The van der Waals surface area contributed by atoms with Crippen molar-refractivity contribution in [2.45, 2.75) is 78.3 Å². The summed E-state index contributed by atoms with van der Waals surface area (Å²) < 4.78 is 0. The normalized spacial score (nSPS) is 12.3. The second-order valence-electron chi connectivity index (χ2n) is 14.6. The third-order valence-corrected chi connectivity index (χ3v) is 11.0. The van der Waals surface area contributed by atoms with Gasteiger partial charge in [0.15, 0.2) is 0 Å². The Morgan fingerprint density at radius 2 is 0.852 bits per heavy atom. The van der Waals surface area contributed by atoms with E-state index in [2.05, 4.69) is 148 Å². The Hall–Kier alpha value is -3.26. The van der Waals surface area contributed by atoms with Crippen LogP contribution >= 0.6 is 17.0 Å². The molecule has 0 aromatic heterocycles. The van der Waals surface area contributed by atoms with Gasteiger partial charge >= 0.3 is 37.9 Å². The van der Waals surface area contributed by atoms with Gasteiger partial charge in [0.2, 0.25) is 0 Å². The van der Waals surface area contributed by atoms with Crippen LogP contribution in [0.3, 0.4) is 0 Å². The molecule has 0 saturated carbocycles. The van der Waals surface area contributed by atoms with Gasteiger partial charge in [-0.05, 0) is 93.5 Å². The summed E-state index contributed by atoms with van der Waals surface area (Å²) in [6.07, 6.45) is 9.50. The number of halogens is 2. The quantitative estimate of drug-likeness (QED) is 0.116. The van der Waals surface area contributed by atoms with Crippen LogP contribution in [0.1, 0.15) is 60.1 Å². The molecule has 0 fully saturated rings. The van der Waals surface area contributed by atoms with E-state index in [0.717, 1.165) is 22.4 Å². The molecule has 8 aromatic carbocycles. The average Bonchev–Trinajstić information content (AvgIpc) is 3.99. The van der Waals surface area contributed by atoms with Gasteiger partial charge in [0.05, 0.1) is 0 Å². The molecular formula is C50H48Cl2SiZr. The molecule has 0 spiro atoms. The zero-order valence-electron chi connectivity index (χ0n) is 32.0. The summed E-state index contributed by atoms with van der Waals surface area (Å²) in [7, 11) is 11.0. The SMILES string of the molecule is CCCc1cc2c(-c3ccc4c5c(cccc35)CC4)cccc2[cH-]1.CCCc1cc2c(-c3ccc4c5c(cccc35)CC4)cccc2[cH-]1.C[Si]C.[Cl][Zr+2][Cl]. The molecule has 0 saturated heterocycles. The molecule has 270 valence electrons. The molecule has 54 heavy (non-hydrogen) atoms. The first kappa shape index (κ1) is 39.0. The molecule has 0 atom stereocenters. The van der Waals surface area contributed by atoms with Crippen molar-refractivity contribution in [3.63, 3.8) is 0 Å². The number of rotatable bonds is 6. The van der Waals surface area contributed by atoms with Gasteiger partial charge in [-0.1, -0.05) is 124 Å². The number of hydrogen-bond acceptors (Lipinski definition) is 0. The van der Waals surface area contributed by atoms with Gasteiger partial charge in [-0.15, -0.1) is 69.1 Å². The second kappa shape index (κ2) is 18.1. The van der Waals surface area contributed by atoms with Crippen molar-refractivity contribution in [1.29, 1.82) is 0 Å². The van der Waals surface area contributed by atoms with Crippen molar-refractivity contribution in [2.24, 2.45) is 0 Å². The predicted molar refractivity (Wildman–Crippen MR) is 237 cm³/mol. The van der Waals surface area contributed by atoms with E-state index >= 15 is 0 Å². The van der Waals surface area contributed by atoms with Crippen molar-refractivity contribution in [3.8, 4) is 22.3 Å². The average molecular weight is 839 g/mol. The zero-order chi connectivity index (χ0) is 37.6. The number of aryl methyl sites for hydroxylation is 6. The van der Waals surface area contributed by atoms with E-state index in [9.17, 15) is 0 Å². The van der Waals surface area contributed by atoms with Crippen LogP contribution in [-0.2, 0) is 59.4 Å². The maximum atomic E-state index is 4.93. The fourth-order valence-corrected chi connectivity index (χ4v) is 8.89. The summed E-state index contributed by atoms with van der Waals surface area (Å²) in [5.41, 5.74) is 14.5. The van der Waals surface area contributed by atoms with Crippen molar-refractivity contribution in [2.75, 3.05) is 0 Å². The Morgan fingerprint density at radius 1 is 0.500 bits per heavy atom. The van der Waals surface area contributed by atoms with Crippen LogP contribution in [0.5, 0.6) is 0 Å². The van der Waals surface area contributed by atoms with E-state index in [0.29, 0.717) is 0 Å². The standard InChI is InChI=1S/2C24H21.C2H6Si.2ClH.Zr/c2*1-2-5-16-14-19-7-4-8-20(23(19)15-16)21-13-12-18-11-10-17-6-3-9-22(21)24(17)18;1-3-2;;;/h2*3-4,6-9,12-15H,2,5,10-11H2,1H3;1-2H3;2*1H;/q2*-1;;;;+4/p-2. The van der Waals surface area contributed by atoms with Crippen LogP contribution in [0, 0.1) is 0 Å². The van der Waals surface area contributed by atoms with E-state index in [4.69, 9.17) is 17.0 Å². The Morgan fingerprint density at radius 3 is 1.24 bits per heavy atom. The first-order valence-corrected chi connectivity index (χ1v) is 27.9. The van der Waals surface area contributed by atoms with Crippen molar-refractivity contribution in [1.82, 2.24) is 0 Å². The Labute approximate surface area is 343 Å². The molecule has 0 aliphatic heterocycles. The van der Waals surface area contributed by atoms with Crippen LogP contribution in [0.4, 0.5) is 0 Å². The van der Waals surface area contributed by atoms with E-state index in [1.165, 1.54) is 137 Å². The summed E-state index contributed by atoms with van der Waals surface area (Å²) >= 11 is -0.826. The summed E-state index contributed by atoms with van der Waals surface area (Å²) in [5.74, 6) is 0. The Bertz CT molecular complexity index is 2340. The zero-order valence-corrected chi connectivity index (χ0v) is 36.9. The molecule has 2 aliphatic rings. The molecule has 8 aromatic rings. The number of fused-ring (bicyclic) bond motifs is 2. The van der Waals surface area contributed by atoms with Crippen molar-refractivity contribution < 1.29 is 20.8 Å². The fraction of sp³-hybridized carbons (Fsp3) is 0.240. The van der Waals surface area contributed by atoms with Crippen molar-refractivity contribution >= 4 is 69.6 Å². The van der Waals surface area contributed by atoms with Crippen LogP contribution in [0.25, 0.3) is 65.3 Å². The van der Waals surface area contributed by atoms with Gasteiger partial charge in [-0.25, -0.2) is 0 Å². The van der Waals surface area contributed by atoms with Gasteiger partial charge in [-0.2, -0.15) is 12.1 Å². The molecule has 0 unspecified atom stereocenters. The topological polar surface area (TPSA) is 0 Å². The van der Waals surface area contributed by atoms with Gasteiger partial charge in [0, 0.05) is 9.52 Å². The first-order valence-electron chi connectivity index (χ1n) is 19.5. The summed E-state index contributed by atoms with van der Waals surface area (Å²) in [4.78, 5) is 0. The molecule has 2 aliphatic carbocycles. The van der Waals surface area contributed by atoms with Crippen molar-refractivity contribution in [3.05, 3.63) is 155 Å².